The molecule has 0 atom stereocenters. The molecule has 1 aliphatic carbocycles. The molecule has 1 aliphatic heterocycles. The number of fused-ring (bicyclic) bond motifs is 5. The second-order valence-corrected chi connectivity index (χ2v) is 13.0. The minimum absolute atomic E-state index is 0.500. The van der Waals surface area contributed by atoms with Crippen LogP contribution in [0.4, 0.5) is 0 Å². The highest BCUT2D eigenvalue weighted by atomic mass is 32.2. The van der Waals surface area contributed by atoms with E-state index in [-0.39, 0.29) is 0 Å². The van der Waals surface area contributed by atoms with Gasteiger partial charge in [-0.15, -0.1) is 0 Å². The minimum Gasteiger partial charge on any atom is -0.200 e. The van der Waals surface area contributed by atoms with Crippen LogP contribution in [0.25, 0.3) is 43.6 Å². The number of pyridine rings is 1. The molecular formula is C34H34NS+. The zero-order chi connectivity index (χ0) is 24.8. The largest absolute Gasteiger partial charge is 0.222 e. The molecule has 0 bridgehead atoms. The SMILES string of the molecule is Cc1c2c(c(C)c3ccccc13)-c1c3c(cc4ccc(C5CCC(C)(C)CC5)cc4c3cc[n+]1C)S2. The molecule has 2 aliphatic rings. The molecule has 0 radical (unpaired) electrons. The minimum atomic E-state index is 0.500. The second-order valence-electron chi connectivity index (χ2n) is 12.0. The van der Waals surface area contributed by atoms with Gasteiger partial charge in [-0.25, -0.2) is 4.57 Å². The van der Waals surface area contributed by atoms with E-state index in [4.69, 9.17) is 0 Å². The zero-order valence-corrected chi connectivity index (χ0v) is 22.9. The van der Waals surface area contributed by atoms with E-state index < -0.39 is 0 Å². The summed E-state index contributed by atoms with van der Waals surface area (Å²) >= 11 is 1.97. The smallest absolute Gasteiger partial charge is 0.200 e. The summed E-state index contributed by atoms with van der Waals surface area (Å²) in [5.74, 6) is 0.690. The number of rotatable bonds is 1. The standard InChI is InChI=1S/C34H34NS/c1-20-25-8-6-7-9-26(25)21(2)33-30(20)32-31-27(14-17-35(32)5)28-18-23(10-11-24(28)19-29(31)36-33)22-12-15-34(3,4)16-13-22/h6-11,14,17-19,22H,12-13,15-16H2,1-5H3/q+1. The van der Waals surface area contributed by atoms with Crippen molar-refractivity contribution in [2.75, 3.05) is 0 Å². The Bertz CT molecular complexity index is 1720. The van der Waals surface area contributed by atoms with Crippen molar-refractivity contribution in [2.45, 2.75) is 69.1 Å². The summed E-state index contributed by atoms with van der Waals surface area (Å²) in [6, 6.07) is 21.0. The summed E-state index contributed by atoms with van der Waals surface area (Å²) in [6.07, 6.45) is 7.55. The van der Waals surface area contributed by atoms with Crippen molar-refractivity contribution in [1.29, 1.82) is 0 Å². The maximum atomic E-state index is 2.53. The Morgan fingerprint density at radius 2 is 1.56 bits per heavy atom. The zero-order valence-electron chi connectivity index (χ0n) is 22.0. The number of nitrogens with zero attached hydrogens (tertiary/aromatic N) is 1. The normalized spacial score (nSPS) is 17.1. The summed E-state index contributed by atoms with van der Waals surface area (Å²) in [4.78, 5) is 2.81. The number of hydrogen-bond acceptors (Lipinski definition) is 1. The van der Waals surface area contributed by atoms with Crippen LogP contribution in [0.5, 0.6) is 0 Å². The van der Waals surface area contributed by atoms with Crippen molar-refractivity contribution >= 4 is 44.1 Å². The lowest BCUT2D eigenvalue weighted by atomic mass is 9.71. The Kier molecular flexibility index (Phi) is 4.86. The molecule has 1 aromatic heterocycles. The molecule has 7 rings (SSSR count). The third kappa shape index (κ3) is 3.20. The van der Waals surface area contributed by atoms with E-state index in [1.54, 1.807) is 0 Å². The first kappa shape index (κ1) is 22.4. The summed E-state index contributed by atoms with van der Waals surface area (Å²) in [6.45, 7) is 9.48. The van der Waals surface area contributed by atoms with Crippen molar-refractivity contribution in [2.24, 2.45) is 12.5 Å². The number of hydrogen-bond donors (Lipinski definition) is 0. The fourth-order valence-corrected chi connectivity index (χ4v) is 8.24. The first-order valence-electron chi connectivity index (χ1n) is 13.4. The third-order valence-corrected chi connectivity index (χ3v) is 10.4. The van der Waals surface area contributed by atoms with Crippen LogP contribution >= 0.6 is 11.8 Å². The van der Waals surface area contributed by atoms with Gasteiger partial charge in [-0.1, -0.05) is 68.1 Å². The van der Waals surface area contributed by atoms with Gasteiger partial charge in [0.15, 0.2) is 6.20 Å². The topological polar surface area (TPSA) is 3.88 Å². The van der Waals surface area contributed by atoms with Crippen LogP contribution in [-0.4, -0.2) is 0 Å². The first-order valence-corrected chi connectivity index (χ1v) is 14.2. The van der Waals surface area contributed by atoms with Gasteiger partial charge in [0.2, 0.25) is 5.69 Å². The van der Waals surface area contributed by atoms with Gasteiger partial charge in [-0.05, 0) is 95.2 Å². The summed E-state index contributed by atoms with van der Waals surface area (Å²) in [5, 5.41) is 8.35. The lowest BCUT2D eigenvalue weighted by molar-refractivity contribution is -0.659. The van der Waals surface area contributed by atoms with E-state index in [2.05, 4.69) is 100 Å². The Labute approximate surface area is 218 Å². The molecule has 4 aromatic carbocycles. The lowest BCUT2D eigenvalue weighted by Gasteiger charge is -2.34. The van der Waals surface area contributed by atoms with Gasteiger partial charge in [0.1, 0.15) is 7.05 Å². The van der Waals surface area contributed by atoms with Crippen molar-refractivity contribution in [3.8, 4) is 11.3 Å². The molecule has 2 heteroatoms. The highest BCUT2D eigenvalue weighted by molar-refractivity contribution is 8.00. The Balaban J connectivity index is 1.50. The van der Waals surface area contributed by atoms with E-state index >= 15 is 0 Å². The van der Waals surface area contributed by atoms with Gasteiger partial charge in [0.05, 0.1) is 10.9 Å². The predicted octanol–water partition coefficient (Wildman–Crippen LogP) is 9.40. The van der Waals surface area contributed by atoms with Crippen LogP contribution < -0.4 is 4.57 Å². The molecule has 180 valence electrons. The fourth-order valence-electron chi connectivity index (χ4n) is 6.91. The average Bonchev–Trinajstić information content (AvgIpc) is 2.88. The highest BCUT2D eigenvalue weighted by Gasteiger charge is 2.32. The molecule has 36 heavy (non-hydrogen) atoms. The van der Waals surface area contributed by atoms with Crippen LogP contribution in [0.2, 0.25) is 0 Å². The molecule has 0 spiro atoms. The van der Waals surface area contributed by atoms with E-state index in [9.17, 15) is 0 Å². The van der Waals surface area contributed by atoms with Gasteiger partial charge in [0, 0.05) is 21.2 Å². The molecule has 2 heterocycles. The fraction of sp³-hybridized carbons (Fsp3) is 0.324. The maximum Gasteiger partial charge on any atom is 0.222 e. The first-order chi connectivity index (χ1) is 17.3. The van der Waals surface area contributed by atoms with Gasteiger partial charge < -0.3 is 0 Å². The van der Waals surface area contributed by atoms with Gasteiger partial charge >= 0.3 is 0 Å². The van der Waals surface area contributed by atoms with Crippen LogP contribution in [-0.2, 0) is 7.05 Å². The van der Waals surface area contributed by atoms with Gasteiger partial charge in [0.25, 0.3) is 0 Å². The summed E-state index contributed by atoms with van der Waals surface area (Å²) in [5.41, 5.74) is 7.61. The van der Waals surface area contributed by atoms with Crippen LogP contribution in [0.3, 0.4) is 0 Å². The molecule has 0 amide bonds. The number of aromatic nitrogens is 1. The number of aryl methyl sites for hydroxylation is 3. The Morgan fingerprint density at radius 3 is 2.31 bits per heavy atom. The highest BCUT2D eigenvalue weighted by Crippen LogP contribution is 2.52. The van der Waals surface area contributed by atoms with Crippen molar-refractivity contribution in [3.05, 3.63) is 77.5 Å². The molecule has 0 N–H and O–H groups in total. The molecule has 0 saturated heterocycles. The van der Waals surface area contributed by atoms with Crippen molar-refractivity contribution in [3.63, 3.8) is 0 Å². The Morgan fingerprint density at radius 1 is 0.833 bits per heavy atom. The molecule has 0 unspecified atom stereocenters. The Hall–Kier alpha value is -2.84. The van der Waals surface area contributed by atoms with Gasteiger partial charge in [-0.2, -0.15) is 0 Å². The molecule has 5 aromatic rings. The van der Waals surface area contributed by atoms with E-state index in [0.717, 1.165) is 0 Å². The van der Waals surface area contributed by atoms with E-state index in [0.29, 0.717) is 11.3 Å². The molecule has 1 fully saturated rings. The quantitative estimate of drug-likeness (QED) is 0.165. The van der Waals surface area contributed by atoms with Crippen molar-refractivity contribution in [1.82, 2.24) is 0 Å². The molecular weight excluding hydrogens is 454 g/mol. The van der Waals surface area contributed by atoms with Gasteiger partial charge in [-0.3, -0.25) is 0 Å². The number of benzene rings is 4. The average molecular weight is 489 g/mol. The third-order valence-electron chi connectivity index (χ3n) is 9.16. The lowest BCUT2D eigenvalue weighted by Crippen LogP contribution is -2.32. The van der Waals surface area contributed by atoms with Crippen LogP contribution in [0, 0.1) is 19.3 Å². The summed E-state index contributed by atoms with van der Waals surface area (Å²) in [7, 11) is 2.21. The van der Waals surface area contributed by atoms with E-state index in [1.165, 1.54) is 95.7 Å². The van der Waals surface area contributed by atoms with E-state index in [1.807, 2.05) is 11.8 Å². The predicted molar refractivity (Wildman–Crippen MR) is 154 cm³/mol. The summed E-state index contributed by atoms with van der Waals surface area (Å²) < 4.78 is 2.35. The van der Waals surface area contributed by atoms with Crippen molar-refractivity contribution < 1.29 is 4.57 Å². The molecule has 1 saturated carbocycles. The molecule has 1 nitrogen and oxygen atoms in total. The second kappa shape index (κ2) is 7.83. The van der Waals surface area contributed by atoms with Crippen LogP contribution in [0.15, 0.2) is 70.6 Å². The van der Waals surface area contributed by atoms with Crippen LogP contribution in [0.1, 0.15) is 62.1 Å². The maximum absolute atomic E-state index is 2.53. The monoisotopic (exact) mass is 488 g/mol.